The van der Waals surface area contributed by atoms with Crippen molar-refractivity contribution in [1.82, 2.24) is 15.5 Å². The van der Waals surface area contributed by atoms with Crippen LogP contribution in [0.4, 0.5) is 5.69 Å². The number of carbonyl (C=O) groups excluding carboxylic acids is 1. The first kappa shape index (κ1) is 12.8. The van der Waals surface area contributed by atoms with Crippen LogP contribution in [0, 0.1) is 0 Å². The number of benzene rings is 1. The summed E-state index contributed by atoms with van der Waals surface area (Å²) in [5.41, 5.74) is 7.31. The first-order valence-corrected chi connectivity index (χ1v) is 5.68. The maximum atomic E-state index is 12.0. The lowest BCUT2D eigenvalue weighted by molar-refractivity contribution is 0.0950. The number of rotatable bonds is 4. The van der Waals surface area contributed by atoms with Crippen molar-refractivity contribution >= 4 is 11.6 Å². The van der Waals surface area contributed by atoms with Crippen LogP contribution in [0.3, 0.4) is 0 Å². The Morgan fingerprint density at radius 3 is 2.95 bits per heavy atom. The highest BCUT2D eigenvalue weighted by Crippen LogP contribution is 2.18. The molecule has 1 aromatic carbocycles. The first-order chi connectivity index (χ1) is 9.19. The van der Waals surface area contributed by atoms with Crippen molar-refractivity contribution in [3.8, 4) is 5.75 Å². The highest BCUT2D eigenvalue weighted by atomic mass is 16.5. The van der Waals surface area contributed by atoms with Gasteiger partial charge in [0.15, 0.2) is 0 Å². The molecule has 0 bridgehead atoms. The molecule has 0 aliphatic rings. The van der Waals surface area contributed by atoms with E-state index in [4.69, 9.17) is 10.5 Å². The Bertz CT molecular complexity index is 572. The molecule has 1 aromatic heterocycles. The second-order valence-corrected chi connectivity index (χ2v) is 3.89. The number of nitrogens with zero attached hydrogens (tertiary/aromatic N) is 2. The molecule has 0 saturated heterocycles. The van der Waals surface area contributed by atoms with Gasteiger partial charge in [-0.25, -0.2) is 0 Å². The molecule has 6 heteroatoms. The zero-order chi connectivity index (χ0) is 13.7. The van der Waals surface area contributed by atoms with E-state index in [1.54, 1.807) is 36.5 Å². The van der Waals surface area contributed by atoms with Gasteiger partial charge in [0.2, 0.25) is 0 Å². The topological polar surface area (TPSA) is 90.1 Å². The molecule has 2 rings (SSSR count). The van der Waals surface area contributed by atoms with E-state index < -0.39 is 0 Å². The van der Waals surface area contributed by atoms with Gasteiger partial charge < -0.3 is 15.8 Å². The predicted octanol–water partition coefficient (Wildman–Crippen LogP) is 0.997. The van der Waals surface area contributed by atoms with Crippen LogP contribution in [0.15, 0.2) is 36.5 Å². The van der Waals surface area contributed by atoms with Crippen LogP contribution in [0.2, 0.25) is 0 Å². The largest absolute Gasteiger partial charge is 0.497 e. The standard InChI is InChI=1S/C13H14N4O2/c1-19-12-6-9(5-10(14)7-12)13(18)15-8-11-3-2-4-16-17-11/h2-7H,8,14H2,1H3,(H,15,18). The second kappa shape index (κ2) is 5.81. The number of aromatic nitrogens is 2. The van der Waals surface area contributed by atoms with Crippen molar-refractivity contribution in [3.63, 3.8) is 0 Å². The number of nitrogen functional groups attached to an aromatic ring is 1. The maximum absolute atomic E-state index is 12.0. The van der Waals surface area contributed by atoms with E-state index in [9.17, 15) is 4.79 Å². The minimum Gasteiger partial charge on any atom is -0.497 e. The van der Waals surface area contributed by atoms with Gasteiger partial charge in [0.05, 0.1) is 19.3 Å². The third-order valence-electron chi connectivity index (χ3n) is 2.48. The average Bonchev–Trinajstić information content (AvgIpc) is 2.45. The lowest BCUT2D eigenvalue weighted by Crippen LogP contribution is -2.23. The van der Waals surface area contributed by atoms with Crippen molar-refractivity contribution < 1.29 is 9.53 Å². The fraction of sp³-hybridized carbons (Fsp3) is 0.154. The van der Waals surface area contributed by atoms with Crippen molar-refractivity contribution in [3.05, 3.63) is 47.8 Å². The van der Waals surface area contributed by atoms with Crippen molar-refractivity contribution in [2.75, 3.05) is 12.8 Å². The summed E-state index contributed by atoms with van der Waals surface area (Å²) in [5.74, 6) is 0.306. The monoisotopic (exact) mass is 258 g/mol. The number of ether oxygens (including phenoxy) is 1. The number of amides is 1. The molecular weight excluding hydrogens is 244 g/mol. The molecule has 3 N–H and O–H groups in total. The maximum Gasteiger partial charge on any atom is 0.251 e. The van der Waals surface area contributed by atoms with Crippen LogP contribution in [-0.4, -0.2) is 23.2 Å². The normalized spacial score (nSPS) is 9.95. The van der Waals surface area contributed by atoms with Crippen LogP contribution in [0.1, 0.15) is 16.1 Å². The van der Waals surface area contributed by atoms with E-state index in [1.165, 1.54) is 7.11 Å². The number of nitrogens with one attached hydrogen (secondary N) is 1. The number of carbonyl (C=O) groups is 1. The van der Waals surface area contributed by atoms with E-state index in [0.29, 0.717) is 29.2 Å². The average molecular weight is 258 g/mol. The molecule has 19 heavy (non-hydrogen) atoms. The Morgan fingerprint density at radius 2 is 2.26 bits per heavy atom. The second-order valence-electron chi connectivity index (χ2n) is 3.89. The molecule has 2 aromatic rings. The molecule has 0 aliphatic carbocycles. The van der Waals surface area contributed by atoms with Crippen molar-refractivity contribution in [2.24, 2.45) is 0 Å². The fourth-order valence-electron chi connectivity index (χ4n) is 1.57. The minimum atomic E-state index is -0.240. The Kier molecular flexibility index (Phi) is 3.92. The molecule has 0 fully saturated rings. The molecule has 0 spiro atoms. The van der Waals surface area contributed by atoms with E-state index in [0.717, 1.165) is 0 Å². The van der Waals surface area contributed by atoms with Crippen LogP contribution < -0.4 is 15.8 Å². The number of nitrogens with two attached hydrogens (primary N) is 1. The number of hydrogen-bond acceptors (Lipinski definition) is 5. The number of methoxy groups -OCH3 is 1. The summed E-state index contributed by atoms with van der Waals surface area (Å²) in [6.45, 7) is 0.309. The van der Waals surface area contributed by atoms with Gasteiger partial charge >= 0.3 is 0 Å². The van der Waals surface area contributed by atoms with E-state index in [1.807, 2.05) is 0 Å². The quantitative estimate of drug-likeness (QED) is 0.798. The summed E-state index contributed by atoms with van der Waals surface area (Å²) in [7, 11) is 1.52. The van der Waals surface area contributed by atoms with Gasteiger partial charge in [-0.1, -0.05) is 0 Å². The lowest BCUT2D eigenvalue weighted by atomic mass is 10.1. The Hall–Kier alpha value is -2.63. The zero-order valence-electron chi connectivity index (χ0n) is 10.5. The van der Waals surface area contributed by atoms with Gasteiger partial charge in [0, 0.05) is 23.5 Å². The van der Waals surface area contributed by atoms with Crippen molar-refractivity contribution in [2.45, 2.75) is 6.54 Å². The van der Waals surface area contributed by atoms with E-state index in [2.05, 4.69) is 15.5 Å². The Balaban J connectivity index is 2.06. The van der Waals surface area contributed by atoms with E-state index in [-0.39, 0.29) is 5.91 Å². The minimum absolute atomic E-state index is 0.240. The Labute approximate surface area is 110 Å². The van der Waals surface area contributed by atoms with Gasteiger partial charge in [0.25, 0.3) is 5.91 Å². The number of hydrogen-bond donors (Lipinski definition) is 2. The summed E-state index contributed by atoms with van der Waals surface area (Å²) in [6, 6.07) is 8.42. The van der Waals surface area contributed by atoms with Crippen LogP contribution in [0.25, 0.3) is 0 Å². The first-order valence-electron chi connectivity index (χ1n) is 5.68. The van der Waals surface area contributed by atoms with Crippen LogP contribution in [-0.2, 0) is 6.54 Å². The third kappa shape index (κ3) is 3.41. The summed E-state index contributed by atoms with van der Waals surface area (Å²) in [6.07, 6.45) is 1.58. The predicted molar refractivity (Wildman–Crippen MR) is 70.6 cm³/mol. The highest BCUT2D eigenvalue weighted by molar-refractivity contribution is 5.95. The highest BCUT2D eigenvalue weighted by Gasteiger charge is 2.08. The number of anilines is 1. The van der Waals surface area contributed by atoms with Gasteiger partial charge in [-0.2, -0.15) is 10.2 Å². The molecule has 1 amide bonds. The fourth-order valence-corrected chi connectivity index (χ4v) is 1.57. The zero-order valence-corrected chi connectivity index (χ0v) is 10.5. The molecule has 0 unspecified atom stereocenters. The van der Waals surface area contributed by atoms with Gasteiger partial charge in [-0.3, -0.25) is 4.79 Å². The van der Waals surface area contributed by atoms with Crippen molar-refractivity contribution in [1.29, 1.82) is 0 Å². The molecule has 6 nitrogen and oxygen atoms in total. The summed E-state index contributed by atoms with van der Waals surface area (Å²) in [5, 5.41) is 10.4. The molecule has 0 saturated carbocycles. The van der Waals surface area contributed by atoms with Gasteiger partial charge in [-0.05, 0) is 24.3 Å². The van der Waals surface area contributed by atoms with Crippen LogP contribution >= 0.6 is 0 Å². The summed E-state index contributed by atoms with van der Waals surface area (Å²) >= 11 is 0. The summed E-state index contributed by atoms with van der Waals surface area (Å²) < 4.78 is 5.07. The Morgan fingerprint density at radius 1 is 1.42 bits per heavy atom. The molecule has 1 heterocycles. The van der Waals surface area contributed by atoms with Gasteiger partial charge in [0.1, 0.15) is 5.75 Å². The molecular formula is C13H14N4O2. The SMILES string of the molecule is COc1cc(N)cc(C(=O)NCc2cccnn2)c1. The van der Waals surface area contributed by atoms with Crippen LogP contribution in [0.5, 0.6) is 5.75 Å². The molecule has 98 valence electrons. The van der Waals surface area contributed by atoms with E-state index >= 15 is 0 Å². The third-order valence-corrected chi connectivity index (χ3v) is 2.48. The lowest BCUT2D eigenvalue weighted by Gasteiger charge is -2.07. The van der Waals surface area contributed by atoms with Gasteiger partial charge in [-0.15, -0.1) is 0 Å². The molecule has 0 atom stereocenters. The molecule has 0 aliphatic heterocycles. The summed E-state index contributed by atoms with van der Waals surface area (Å²) in [4.78, 5) is 12.0. The smallest absolute Gasteiger partial charge is 0.251 e. The molecule has 0 radical (unpaired) electrons.